The first-order valence-corrected chi connectivity index (χ1v) is 9.01. The normalized spacial score (nSPS) is 16.5. The van der Waals surface area contributed by atoms with Crippen molar-refractivity contribution in [3.8, 4) is 5.69 Å². The average molecular weight is 392 g/mol. The number of hydrogen-bond donors (Lipinski definition) is 1. The Morgan fingerprint density at radius 1 is 1.25 bits per heavy atom. The highest BCUT2D eigenvalue weighted by Gasteiger charge is 2.25. The summed E-state index contributed by atoms with van der Waals surface area (Å²) < 4.78 is 3.04. The Balaban J connectivity index is 1.75. The molecule has 0 bridgehead atoms. The van der Waals surface area contributed by atoms with Crippen LogP contribution in [0.4, 0.5) is 0 Å². The third kappa shape index (κ3) is 3.54. The van der Waals surface area contributed by atoms with Gasteiger partial charge < -0.3 is 5.11 Å². The standard InChI is InChI=1S/C18H22BrN3O2/c1-12-17(11-21-9-7-14(8-10-21)18(23)24)13(2)22(20-12)16-5-3-15(19)4-6-16/h3-6,14H,7-11H2,1-2H3,(H,23,24). The Morgan fingerprint density at radius 2 is 1.88 bits per heavy atom. The molecule has 1 aromatic heterocycles. The SMILES string of the molecule is Cc1nn(-c2ccc(Br)cc2)c(C)c1CN1CCC(C(=O)O)CC1. The Bertz CT molecular complexity index is 731. The highest BCUT2D eigenvalue weighted by molar-refractivity contribution is 9.10. The van der Waals surface area contributed by atoms with E-state index in [1.54, 1.807) is 0 Å². The molecule has 2 heterocycles. The molecule has 1 N–H and O–H groups in total. The first kappa shape index (κ1) is 17.2. The molecule has 1 aliphatic heterocycles. The van der Waals surface area contributed by atoms with E-state index < -0.39 is 5.97 Å². The number of aliphatic carboxylic acids is 1. The molecular weight excluding hydrogens is 370 g/mol. The molecule has 1 fully saturated rings. The summed E-state index contributed by atoms with van der Waals surface area (Å²) in [6, 6.07) is 8.13. The maximum absolute atomic E-state index is 11.1. The summed E-state index contributed by atoms with van der Waals surface area (Å²) in [6.07, 6.45) is 1.46. The van der Waals surface area contributed by atoms with Crippen LogP contribution in [-0.2, 0) is 11.3 Å². The van der Waals surface area contributed by atoms with Crippen LogP contribution in [-0.4, -0.2) is 38.8 Å². The van der Waals surface area contributed by atoms with Crippen molar-refractivity contribution in [2.45, 2.75) is 33.2 Å². The smallest absolute Gasteiger partial charge is 0.306 e. The summed E-state index contributed by atoms with van der Waals surface area (Å²) in [5.41, 5.74) is 4.48. The van der Waals surface area contributed by atoms with Gasteiger partial charge in [-0.05, 0) is 64.0 Å². The molecule has 1 aliphatic rings. The lowest BCUT2D eigenvalue weighted by Crippen LogP contribution is -2.36. The molecule has 0 aliphatic carbocycles. The van der Waals surface area contributed by atoms with Gasteiger partial charge in [-0.1, -0.05) is 15.9 Å². The van der Waals surface area contributed by atoms with E-state index in [9.17, 15) is 4.79 Å². The minimum absolute atomic E-state index is 0.186. The van der Waals surface area contributed by atoms with Crippen LogP contribution in [0.3, 0.4) is 0 Å². The fourth-order valence-corrected chi connectivity index (χ4v) is 3.56. The number of carboxylic acid groups (broad SMARTS) is 1. The molecule has 6 heteroatoms. The summed E-state index contributed by atoms with van der Waals surface area (Å²) in [6.45, 7) is 6.64. The number of halogens is 1. The van der Waals surface area contributed by atoms with Crippen LogP contribution in [0.5, 0.6) is 0 Å². The van der Waals surface area contributed by atoms with Gasteiger partial charge in [0.15, 0.2) is 0 Å². The zero-order valence-electron chi connectivity index (χ0n) is 14.0. The zero-order valence-corrected chi connectivity index (χ0v) is 15.6. The van der Waals surface area contributed by atoms with E-state index in [1.165, 1.54) is 5.56 Å². The summed E-state index contributed by atoms with van der Waals surface area (Å²) in [4.78, 5) is 13.4. The molecule has 0 saturated carbocycles. The molecular formula is C18H22BrN3O2. The number of nitrogens with zero attached hydrogens (tertiary/aromatic N) is 3. The number of carbonyl (C=O) groups is 1. The van der Waals surface area contributed by atoms with Crippen LogP contribution in [0.2, 0.25) is 0 Å². The molecule has 5 nitrogen and oxygen atoms in total. The number of hydrogen-bond acceptors (Lipinski definition) is 3. The van der Waals surface area contributed by atoms with Gasteiger partial charge in [-0.15, -0.1) is 0 Å². The zero-order chi connectivity index (χ0) is 17.3. The van der Waals surface area contributed by atoms with Gasteiger partial charge in [0, 0.05) is 22.3 Å². The van der Waals surface area contributed by atoms with E-state index in [0.717, 1.165) is 54.0 Å². The number of benzene rings is 1. The summed E-state index contributed by atoms with van der Waals surface area (Å²) >= 11 is 3.46. The summed E-state index contributed by atoms with van der Waals surface area (Å²) in [5.74, 6) is -0.848. The van der Waals surface area contributed by atoms with E-state index in [1.807, 2.05) is 35.9 Å². The second kappa shape index (κ2) is 7.07. The number of carboxylic acids is 1. The predicted octanol–water partition coefficient (Wildman–Crippen LogP) is 3.55. The van der Waals surface area contributed by atoms with Crippen molar-refractivity contribution in [1.82, 2.24) is 14.7 Å². The monoisotopic (exact) mass is 391 g/mol. The molecule has 0 amide bonds. The van der Waals surface area contributed by atoms with Gasteiger partial charge in [0.05, 0.1) is 17.3 Å². The molecule has 0 radical (unpaired) electrons. The topological polar surface area (TPSA) is 58.4 Å². The third-order valence-electron chi connectivity index (χ3n) is 4.83. The summed E-state index contributed by atoms with van der Waals surface area (Å²) in [7, 11) is 0. The van der Waals surface area contributed by atoms with Crippen molar-refractivity contribution in [2.24, 2.45) is 5.92 Å². The van der Waals surface area contributed by atoms with Crippen LogP contribution in [0.15, 0.2) is 28.7 Å². The van der Waals surface area contributed by atoms with Crippen LogP contribution in [0.1, 0.15) is 29.8 Å². The van der Waals surface area contributed by atoms with Crippen molar-refractivity contribution in [3.05, 3.63) is 45.7 Å². The van der Waals surface area contributed by atoms with Gasteiger partial charge in [0.25, 0.3) is 0 Å². The maximum atomic E-state index is 11.1. The molecule has 0 unspecified atom stereocenters. The van der Waals surface area contributed by atoms with Gasteiger partial charge in [0.2, 0.25) is 0 Å². The van der Waals surface area contributed by atoms with E-state index >= 15 is 0 Å². The number of rotatable bonds is 4. The van der Waals surface area contributed by atoms with Gasteiger partial charge >= 0.3 is 5.97 Å². The van der Waals surface area contributed by atoms with Crippen LogP contribution < -0.4 is 0 Å². The molecule has 0 atom stereocenters. The maximum Gasteiger partial charge on any atom is 0.306 e. The third-order valence-corrected chi connectivity index (χ3v) is 5.36. The average Bonchev–Trinajstić information content (AvgIpc) is 2.84. The molecule has 2 aromatic rings. The van der Waals surface area contributed by atoms with E-state index in [4.69, 9.17) is 10.2 Å². The highest BCUT2D eigenvalue weighted by Crippen LogP contribution is 2.24. The van der Waals surface area contributed by atoms with E-state index in [0.29, 0.717) is 0 Å². The largest absolute Gasteiger partial charge is 0.481 e. The minimum atomic E-state index is -0.662. The Kier molecular flexibility index (Phi) is 5.06. The summed E-state index contributed by atoms with van der Waals surface area (Å²) in [5, 5.41) is 13.8. The van der Waals surface area contributed by atoms with Crippen molar-refractivity contribution in [1.29, 1.82) is 0 Å². The Labute approximate surface area is 150 Å². The highest BCUT2D eigenvalue weighted by atomic mass is 79.9. The first-order valence-electron chi connectivity index (χ1n) is 8.22. The van der Waals surface area contributed by atoms with Crippen molar-refractivity contribution >= 4 is 21.9 Å². The van der Waals surface area contributed by atoms with Gasteiger partial charge in [-0.3, -0.25) is 9.69 Å². The fourth-order valence-electron chi connectivity index (χ4n) is 3.30. The second-order valence-electron chi connectivity index (χ2n) is 6.43. The lowest BCUT2D eigenvalue weighted by atomic mass is 9.96. The predicted molar refractivity (Wildman–Crippen MR) is 96.4 cm³/mol. The van der Waals surface area contributed by atoms with Crippen LogP contribution >= 0.6 is 15.9 Å². The first-order chi connectivity index (χ1) is 11.5. The fraction of sp³-hybridized carbons (Fsp3) is 0.444. The van der Waals surface area contributed by atoms with E-state index in [2.05, 4.69) is 27.8 Å². The molecule has 1 saturated heterocycles. The van der Waals surface area contributed by atoms with Crippen molar-refractivity contribution < 1.29 is 9.90 Å². The Morgan fingerprint density at radius 3 is 2.46 bits per heavy atom. The molecule has 128 valence electrons. The molecule has 0 spiro atoms. The van der Waals surface area contributed by atoms with E-state index in [-0.39, 0.29) is 5.92 Å². The van der Waals surface area contributed by atoms with Gasteiger partial charge in [-0.2, -0.15) is 5.10 Å². The van der Waals surface area contributed by atoms with Crippen molar-refractivity contribution in [3.63, 3.8) is 0 Å². The number of aryl methyl sites for hydroxylation is 1. The minimum Gasteiger partial charge on any atom is -0.481 e. The second-order valence-corrected chi connectivity index (χ2v) is 7.34. The van der Waals surface area contributed by atoms with Crippen LogP contribution in [0, 0.1) is 19.8 Å². The lowest BCUT2D eigenvalue weighted by molar-refractivity contribution is -0.143. The van der Waals surface area contributed by atoms with Gasteiger partial charge in [-0.25, -0.2) is 4.68 Å². The lowest BCUT2D eigenvalue weighted by Gasteiger charge is -2.30. The number of aromatic nitrogens is 2. The molecule has 3 rings (SSSR count). The van der Waals surface area contributed by atoms with Gasteiger partial charge in [0.1, 0.15) is 0 Å². The quantitative estimate of drug-likeness (QED) is 0.865. The number of piperidine rings is 1. The molecule has 1 aromatic carbocycles. The van der Waals surface area contributed by atoms with Crippen molar-refractivity contribution in [2.75, 3.05) is 13.1 Å². The molecule has 24 heavy (non-hydrogen) atoms. The Hall–Kier alpha value is -1.66. The van der Waals surface area contributed by atoms with Crippen LogP contribution in [0.25, 0.3) is 5.69 Å². The number of likely N-dealkylation sites (tertiary alicyclic amines) is 1.